The fraction of sp³-hybridized carbons (Fsp3) is 0.929. The molecular weight excluding hydrogens is 228 g/mol. The summed E-state index contributed by atoms with van der Waals surface area (Å²) in [6, 6.07) is 0.0751. The molecular formula is C14H26N2O2. The Morgan fingerprint density at radius 1 is 1.22 bits per heavy atom. The fourth-order valence-corrected chi connectivity index (χ4v) is 3.42. The van der Waals surface area contributed by atoms with Crippen LogP contribution in [0.5, 0.6) is 0 Å². The van der Waals surface area contributed by atoms with Gasteiger partial charge in [-0.3, -0.25) is 9.69 Å². The van der Waals surface area contributed by atoms with E-state index in [9.17, 15) is 9.90 Å². The van der Waals surface area contributed by atoms with Gasteiger partial charge in [-0.1, -0.05) is 26.2 Å². The third kappa shape index (κ3) is 2.86. The van der Waals surface area contributed by atoms with E-state index >= 15 is 0 Å². The molecule has 0 aromatic rings. The van der Waals surface area contributed by atoms with Gasteiger partial charge in [-0.15, -0.1) is 0 Å². The second kappa shape index (κ2) is 6.02. The highest BCUT2D eigenvalue weighted by atomic mass is 16.3. The van der Waals surface area contributed by atoms with Crippen molar-refractivity contribution in [2.45, 2.75) is 51.1 Å². The highest BCUT2D eigenvalue weighted by molar-refractivity contribution is 5.82. The Hall–Kier alpha value is -0.610. The normalized spacial score (nSPS) is 32.6. The van der Waals surface area contributed by atoms with E-state index in [1.165, 1.54) is 19.3 Å². The van der Waals surface area contributed by atoms with Gasteiger partial charge in [0.25, 0.3) is 0 Å². The Balaban J connectivity index is 2.13. The number of rotatable bonds is 2. The van der Waals surface area contributed by atoms with Crippen molar-refractivity contribution in [3.05, 3.63) is 0 Å². The molecule has 104 valence electrons. The van der Waals surface area contributed by atoms with Crippen LogP contribution in [0, 0.1) is 5.92 Å². The number of carbonyl (C=O) groups excluding carboxylic acids is 1. The van der Waals surface area contributed by atoms with E-state index in [4.69, 9.17) is 0 Å². The summed E-state index contributed by atoms with van der Waals surface area (Å²) in [4.78, 5) is 16.6. The lowest BCUT2D eigenvalue weighted by molar-refractivity contribution is -0.139. The maximum Gasteiger partial charge on any atom is 0.242 e. The van der Waals surface area contributed by atoms with Crippen LogP contribution in [0.15, 0.2) is 0 Å². The predicted octanol–water partition coefficient (Wildman–Crippen LogP) is 1.09. The van der Waals surface area contributed by atoms with Crippen LogP contribution in [-0.2, 0) is 4.79 Å². The summed E-state index contributed by atoms with van der Waals surface area (Å²) in [7, 11) is 1.94. The van der Waals surface area contributed by atoms with Crippen LogP contribution >= 0.6 is 0 Å². The molecule has 4 nitrogen and oxygen atoms in total. The first-order valence-corrected chi connectivity index (χ1v) is 7.25. The number of amides is 1. The Morgan fingerprint density at radius 2 is 1.89 bits per heavy atom. The molecule has 1 heterocycles. The van der Waals surface area contributed by atoms with Crippen molar-refractivity contribution < 1.29 is 9.90 Å². The zero-order valence-electron chi connectivity index (χ0n) is 11.6. The SMILES string of the molecule is CC1CN(C)C(CO)C(=O)N(C2CCCCC2)C1. The van der Waals surface area contributed by atoms with Gasteiger partial charge in [0, 0.05) is 19.1 Å². The van der Waals surface area contributed by atoms with Gasteiger partial charge >= 0.3 is 0 Å². The molecule has 1 aliphatic carbocycles. The van der Waals surface area contributed by atoms with E-state index < -0.39 is 0 Å². The average Bonchev–Trinajstić information content (AvgIpc) is 2.47. The fourth-order valence-electron chi connectivity index (χ4n) is 3.42. The zero-order valence-corrected chi connectivity index (χ0v) is 11.6. The summed E-state index contributed by atoms with van der Waals surface area (Å²) in [5.74, 6) is 0.619. The quantitative estimate of drug-likeness (QED) is 0.802. The molecule has 0 bridgehead atoms. The number of likely N-dealkylation sites (N-methyl/N-ethyl adjacent to an activating group) is 1. The maximum atomic E-state index is 12.6. The Bertz CT molecular complexity index is 290. The summed E-state index contributed by atoms with van der Waals surface area (Å²) in [5, 5.41) is 9.47. The molecule has 0 radical (unpaired) electrons. The van der Waals surface area contributed by atoms with Crippen molar-refractivity contribution in [2.75, 3.05) is 26.7 Å². The standard InChI is InChI=1S/C14H26N2O2/c1-11-8-15(2)13(10-17)14(18)16(9-11)12-6-4-3-5-7-12/h11-13,17H,3-10H2,1-2H3. The molecule has 2 rings (SSSR count). The van der Waals surface area contributed by atoms with Crippen LogP contribution in [0.4, 0.5) is 0 Å². The van der Waals surface area contributed by atoms with Gasteiger partial charge in [-0.2, -0.15) is 0 Å². The van der Waals surface area contributed by atoms with Gasteiger partial charge in [0.05, 0.1) is 6.61 Å². The van der Waals surface area contributed by atoms with Crippen molar-refractivity contribution in [1.82, 2.24) is 9.80 Å². The summed E-state index contributed by atoms with van der Waals surface area (Å²) >= 11 is 0. The third-order valence-corrected chi connectivity index (χ3v) is 4.40. The first-order valence-electron chi connectivity index (χ1n) is 7.25. The molecule has 2 fully saturated rings. The van der Waals surface area contributed by atoms with Crippen LogP contribution in [0.25, 0.3) is 0 Å². The maximum absolute atomic E-state index is 12.6. The largest absolute Gasteiger partial charge is 0.394 e. The van der Waals surface area contributed by atoms with Crippen LogP contribution in [0.2, 0.25) is 0 Å². The Labute approximate surface area is 110 Å². The summed E-state index contributed by atoms with van der Waals surface area (Å²) < 4.78 is 0. The second-order valence-corrected chi connectivity index (χ2v) is 6.03. The highest BCUT2D eigenvalue weighted by Crippen LogP contribution is 2.26. The van der Waals surface area contributed by atoms with E-state index in [1.54, 1.807) is 0 Å². The first-order chi connectivity index (χ1) is 8.63. The van der Waals surface area contributed by atoms with Gasteiger partial charge in [0.1, 0.15) is 6.04 Å². The molecule has 1 amide bonds. The number of aliphatic hydroxyl groups is 1. The smallest absolute Gasteiger partial charge is 0.242 e. The molecule has 0 aromatic heterocycles. The molecule has 2 unspecified atom stereocenters. The molecule has 0 aromatic carbocycles. The number of nitrogens with zero attached hydrogens (tertiary/aromatic N) is 2. The molecule has 1 saturated carbocycles. The Kier molecular flexibility index (Phi) is 4.62. The zero-order chi connectivity index (χ0) is 13.1. The van der Waals surface area contributed by atoms with E-state index in [-0.39, 0.29) is 18.6 Å². The number of aliphatic hydroxyl groups excluding tert-OH is 1. The van der Waals surface area contributed by atoms with Gasteiger partial charge in [0.15, 0.2) is 0 Å². The molecule has 1 aliphatic heterocycles. The third-order valence-electron chi connectivity index (χ3n) is 4.40. The van der Waals surface area contributed by atoms with Crippen LogP contribution < -0.4 is 0 Å². The van der Waals surface area contributed by atoms with Crippen LogP contribution in [0.3, 0.4) is 0 Å². The highest BCUT2D eigenvalue weighted by Gasteiger charge is 2.36. The minimum atomic E-state index is -0.336. The van der Waals surface area contributed by atoms with Gasteiger partial charge in [0.2, 0.25) is 5.91 Å². The van der Waals surface area contributed by atoms with E-state index in [0.29, 0.717) is 12.0 Å². The minimum absolute atomic E-state index is 0.0642. The molecule has 2 atom stereocenters. The second-order valence-electron chi connectivity index (χ2n) is 6.03. The summed E-state index contributed by atoms with van der Waals surface area (Å²) in [5.41, 5.74) is 0. The summed E-state index contributed by atoms with van der Waals surface area (Å²) in [6.07, 6.45) is 6.06. The van der Waals surface area contributed by atoms with Gasteiger partial charge in [-0.05, 0) is 25.8 Å². The molecule has 4 heteroatoms. The van der Waals surface area contributed by atoms with Gasteiger partial charge in [-0.25, -0.2) is 0 Å². The number of carbonyl (C=O) groups is 1. The molecule has 18 heavy (non-hydrogen) atoms. The first kappa shape index (κ1) is 13.8. The van der Waals surface area contributed by atoms with Crippen molar-refractivity contribution in [1.29, 1.82) is 0 Å². The summed E-state index contributed by atoms with van der Waals surface area (Å²) in [6.45, 7) is 3.87. The molecule has 2 aliphatic rings. The van der Waals surface area contributed by atoms with Crippen molar-refractivity contribution >= 4 is 5.91 Å². The van der Waals surface area contributed by atoms with E-state index in [1.807, 2.05) is 11.9 Å². The lowest BCUT2D eigenvalue weighted by atomic mass is 9.93. The van der Waals surface area contributed by atoms with Crippen molar-refractivity contribution in [3.63, 3.8) is 0 Å². The van der Waals surface area contributed by atoms with E-state index in [0.717, 1.165) is 25.9 Å². The van der Waals surface area contributed by atoms with E-state index in [2.05, 4.69) is 11.8 Å². The van der Waals surface area contributed by atoms with Crippen LogP contribution in [0.1, 0.15) is 39.0 Å². The Morgan fingerprint density at radius 3 is 2.50 bits per heavy atom. The lowest BCUT2D eigenvalue weighted by Gasteiger charge is -2.36. The molecule has 0 spiro atoms. The minimum Gasteiger partial charge on any atom is -0.394 e. The number of hydrogen-bond donors (Lipinski definition) is 1. The topological polar surface area (TPSA) is 43.8 Å². The average molecular weight is 254 g/mol. The molecule has 1 N–H and O–H groups in total. The van der Waals surface area contributed by atoms with Gasteiger partial charge < -0.3 is 10.0 Å². The number of hydrogen-bond acceptors (Lipinski definition) is 3. The molecule has 1 saturated heterocycles. The predicted molar refractivity (Wildman–Crippen MR) is 71.3 cm³/mol. The monoisotopic (exact) mass is 254 g/mol. The lowest BCUT2D eigenvalue weighted by Crippen LogP contribution is -2.50. The van der Waals surface area contributed by atoms with Crippen LogP contribution in [-0.4, -0.2) is 59.6 Å². The van der Waals surface area contributed by atoms with Crippen molar-refractivity contribution in [3.8, 4) is 0 Å². The van der Waals surface area contributed by atoms with Crippen molar-refractivity contribution in [2.24, 2.45) is 5.92 Å².